The number of benzene rings is 1. The van der Waals surface area contributed by atoms with Gasteiger partial charge in [0.15, 0.2) is 5.96 Å². The lowest BCUT2D eigenvalue weighted by Crippen LogP contribution is -2.44. The van der Waals surface area contributed by atoms with Gasteiger partial charge < -0.3 is 15.5 Å². The smallest absolute Gasteiger partial charge is 0.191 e. The fraction of sp³-hybridized carbons (Fsp3) is 0.562. The van der Waals surface area contributed by atoms with E-state index in [1.54, 1.807) is 0 Å². The van der Waals surface area contributed by atoms with Crippen LogP contribution in [0.15, 0.2) is 33.7 Å². The molecule has 1 aromatic carbocycles. The zero-order chi connectivity index (χ0) is 17.6. The van der Waals surface area contributed by atoms with Crippen LogP contribution < -0.4 is 15.5 Å². The molecule has 1 fully saturated rings. The fourth-order valence-corrected chi connectivity index (χ4v) is 3.60. The van der Waals surface area contributed by atoms with Crippen LogP contribution in [-0.2, 0) is 9.84 Å². The normalized spacial score (nSPS) is 18.7. The van der Waals surface area contributed by atoms with Crippen LogP contribution in [0.25, 0.3) is 0 Å². The van der Waals surface area contributed by atoms with E-state index in [0.717, 1.165) is 30.5 Å². The maximum absolute atomic E-state index is 11.2. The standard InChI is InChI=1S/C16H25BrN4O2S/c1-3-18-16(19-9-11-24(2,22)23)20-13-8-10-21(12-13)15-7-5-4-6-14(15)17/h4-7,13H,3,8-12H2,1-2H3,(H2,18,19,20). The summed E-state index contributed by atoms with van der Waals surface area (Å²) >= 11 is 3.60. The Balaban J connectivity index is 1.94. The van der Waals surface area contributed by atoms with Gasteiger partial charge in [-0.1, -0.05) is 12.1 Å². The number of halogens is 1. The molecule has 1 atom stereocenters. The molecule has 2 rings (SSSR count). The van der Waals surface area contributed by atoms with Crippen molar-refractivity contribution in [2.75, 3.05) is 43.1 Å². The lowest BCUT2D eigenvalue weighted by Gasteiger charge is -2.21. The SMILES string of the molecule is CCNC(=NCCS(C)(=O)=O)NC1CCN(c2ccccc2Br)C1. The van der Waals surface area contributed by atoms with Crippen molar-refractivity contribution in [1.29, 1.82) is 0 Å². The van der Waals surface area contributed by atoms with Crippen molar-refractivity contribution < 1.29 is 8.42 Å². The monoisotopic (exact) mass is 416 g/mol. The molecule has 2 N–H and O–H groups in total. The molecule has 134 valence electrons. The van der Waals surface area contributed by atoms with E-state index >= 15 is 0 Å². The molecular formula is C16H25BrN4O2S. The van der Waals surface area contributed by atoms with Gasteiger partial charge in [-0.05, 0) is 41.4 Å². The number of nitrogens with one attached hydrogen (secondary N) is 2. The second kappa shape index (κ2) is 8.71. The van der Waals surface area contributed by atoms with Crippen LogP contribution in [0.2, 0.25) is 0 Å². The van der Waals surface area contributed by atoms with Crippen LogP contribution in [0.5, 0.6) is 0 Å². The highest BCUT2D eigenvalue weighted by atomic mass is 79.9. The average Bonchev–Trinajstić information content (AvgIpc) is 2.95. The summed E-state index contributed by atoms with van der Waals surface area (Å²) in [6.45, 7) is 4.87. The molecule has 0 aromatic heterocycles. The molecule has 1 saturated heterocycles. The maximum atomic E-state index is 11.2. The third-order valence-electron chi connectivity index (χ3n) is 3.80. The molecule has 0 aliphatic carbocycles. The highest BCUT2D eigenvalue weighted by Gasteiger charge is 2.24. The second-order valence-electron chi connectivity index (χ2n) is 5.92. The average molecular weight is 417 g/mol. The van der Waals surface area contributed by atoms with Crippen LogP contribution >= 0.6 is 15.9 Å². The molecule has 1 heterocycles. The third-order valence-corrected chi connectivity index (χ3v) is 5.39. The number of anilines is 1. The number of para-hydroxylation sites is 1. The summed E-state index contributed by atoms with van der Waals surface area (Å²) < 4.78 is 23.5. The van der Waals surface area contributed by atoms with Crippen molar-refractivity contribution in [3.63, 3.8) is 0 Å². The molecule has 0 spiro atoms. The Labute approximate surface area is 152 Å². The number of guanidine groups is 1. The van der Waals surface area contributed by atoms with E-state index in [4.69, 9.17) is 0 Å². The predicted octanol–water partition coefficient (Wildman–Crippen LogP) is 1.63. The van der Waals surface area contributed by atoms with E-state index in [0.29, 0.717) is 5.96 Å². The van der Waals surface area contributed by atoms with E-state index in [-0.39, 0.29) is 18.3 Å². The molecule has 1 unspecified atom stereocenters. The molecule has 1 aliphatic rings. The van der Waals surface area contributed by atoms with Gasteiger partial charge in [0.05, 0.1) is 18.0 Å². The summed E-state index contributed by atoms with van der Waals surface area (Å²) in [4.78, 5) is 6.70. The summed E-state index contributed by atoms with van der Waals surface area (Å²) in [6, 6.07) is 8.49. The third kappa shape index (κ3) is 5.98. The molecular weight excluding hydrogens is 392 g/mol. The van der Waals surface area contributed by atoms with Gasteiger partial charge in [0.25, 0.3) is 0 Å². The Bertz CT molecular complexity index is 678. The van der Waals surface area contributed by atoms with Crippen molar-refractivity contribution in [3.8, 4) is 0 Å². The van der Waals surface area contributed by atoms with Gasteiger partial charge in [0.2, 0.25) is 0 Å². The predicted molar refractivity (Wildman–Crippen MR) is 104 cm³/mol. The number of aliphatic imine (C=N–C) groups is 1. The van der Waals surface area contributed by atoms with Crippen LogP contribution in [0.3, 0.4) is 0 Å². The van der Waals surface area contributed by atoms with Gasteiger partial charge in [-0.3, -0.25) is 4.99 Å². The van der Waals surface area contributed by atoms with Gasteiger partial charge in [0, 0.05) is 36.4 Å². The number of hydrogen-bond acceptors (Lipinski definition) is 4. The van der Waals surface area contributed by atoms with Gasteiger partial charge >= 0.3 is 0 Å². The zero-order valence-corrected chi connectivity index (χ0v) is 16.5. The van der Waals surface area contributed by atoms with Crippen molar-refractivity contribution in [2.24, 2.45) is 4.99 Å². The molecule has 1 aliphatic heterocycles. The molecule has 0 amide bonds. The topological polar surface area (TPSA) is 73.8 Å². The van der Waals surface area contributed by atoms with E-state index in [1.165, 1.54) is 11.9 Å². The Morgan fingerprint density at radius 3 is 2.83 bits per heavy atom. The fourth-order valence-electron chi connectivity index (χ4n) is 2.64. The first-order valence-electron chi connectivity index (χ1n) is 8.11. The Kier molecular flexibility index (Phi) is 6.91. The van der Waals surface area contributed by atoms with Crippen molar-refractivity contribution >= 4 is 37.4 Å². The lowest BCUT2D eigenvalue weighted by atomic mass is 10.3. The summed E-state index contributed by atoms with van der Waals surface area (Å²) in [5, 5.41) is 6.59. The van der Waals surface area contributed by atoms with Crippen molar-refractivity contribution in [2.45, 2.75) is 19.4 Å². The Morgan fingerprint density at radius 1 is 1.42 bits per heavy atom. The first-order chi connectivity index (χ1) is 11.4. The molecule has 0 bridgehead atoms. The van der Waals surface area contributed by atoms with Crippen molar-refractivity contribution in [1.82, 2.24) is 10.6 Å². The summed E-state index contributed by atoms with van der Waals surface area (Å²) in [5.41, 5.74) is 1.20. The Morgan fingerprint density at radius 2 is 2.17 bits per heavy atom. The van der Waals surface area contributed by atoms with E-state index in [9.17, 15) is 8.42 Å². The second-order valence-corrected chi connectivity index (χ2v) is 9.03. The zero-order valence-electron chi connectivity index (χ0n) is 14.1. The summed E-state index contributed by atoms with van der Waals surface area (Å²) in [5.74, 6) is 0.747. The molecule has 6 nitrogen and oxygen atoms in total. The Hall–Kier alpha value is -1.28. The summed E-state index contributed by atoms with van der Waals surface area (Å²) in [6.07, 6.45) is 2.24. The molecule has 8 heteroatoms. The van der Waals surface area contributed by atoms with Crippen LogP contribution in [0, 0.1) is 0 Å². The first kappa shape index (κ1) is 19.1. The number of sulfone groups is 1. The molecule has 0 radical (unpaired) electrons. The van der Waals surface area contributed by atoms with Gasteiger partial charge in [-0.25, -0.2) is 8.42 Å². The largest absolute Gasteiger partial charge is 0.368 e. The van der Waals surface area contributed by atoms with Gasteiger partial charge in [-0.2, -0.15) is 0 Å². The minimum atomic E-state index is -2.99. The minimum Gasteiger partial charge on any atom is -0.368 e. The van der Waals surface area contributed by atoms with E-state index in [1.807, 2.05) is 25.1 Å². The highest BCUT2D eigenvalue weighted by molar-refractivity contribution is 9.10. The maximum Gasteiger partial charge on any atom is 0.191 e. The first-order valence-corrected chi connectivity index (χ1v) is 11.0. The minimum absolute atomic E-state index is 0.0668. The molecule has 24 heavy (non-hydrogen) atoms. The van der Waals surface area contributed by atoms with Crippen molar-refractivity contribution in [3.05, 3.63) is 28.7 Å². The van der Waals surface area contributed by atoms with E-state index < -0.39 is 9.84 Å². The van der Waals surface area contributed by atoms with Crippen LogP contribution in [-0.4, -0.2) is 58.6 Å². The van der Waals surface area contributed by atoms with Crippen LogP contribution in [0.1, 0.15) is 13.3 Å². The molecule has 0 saturated carbocycles. The quantitative estimate of drug-likeness (QED) is 0.544. The van der Waals surface area contributed by atoms with E-state index in [2.05, 4.69) is 42.5 Å². The van der Waals surface area contributed by atoms with Crippen LogP contribution in [0.4, 0.5) is 5.69 Å². The lowest BCUT2D eigenvalue weighted by molar-refractivity contribution is 0.601. The van der Waals surface area contributed by atoms with Gasteiger partial charge in [-0.15, -0.1) is 0 Å². The number of rotatable bonds is 6. The number of hydrogen-bond donors (Lipinski definition) is 2. The summed E-state index contributed by atoms with van der Waals surface area (Å²) in [7, 11) is -2.99. The number of nitrogens with zero attached hydrogens (tertiary/aromatic N) is 2. The highest BCUT2D eigenvalue weighted by Crippen LogP contribution is 2.28. The molecule has 1 aromatic rings. The van der Waals surface area contributed by atoms with Gasteiger partial charge in [0.1, 0.15) is 9.84 Å².